The maximum absolute atomic E-state index is 8.74. The van der Waals surface area contributed by atoms with Crippen molar-refractivity contribution in [1.82, 2.24) is 0 Å². The third-order valence-electron chi connectivity index (χ3n) is 1.82. The average molecular weight is 259 g/mol. The highest BCUT2D eigenvalue weighted by Gasteiger charge is 2.05. The molecule has 3 heteroatoms. The second kappa shape index (κ2) is 4.64. The Morgan fingerprint density at radius 1 is 1.54 bits per heavy atom. The lowest BCUT2D eigenvalue weighted by molar-refractivity contribution is 1.15. The third-order valence-corrected chi connectivity index (χ3v) is 2.76. The summed E-state index contributed by atoms with van der Waals surface area (Å²) in [5.41, 5.74) is 2.68. The highest BCUT2D eigenvalue weighted by Crippen LogP contribution is 2.23. The van der Waals surface area contributed by atoms with Crippen LogP contribution in [-0.4, -0.2) is 5.33 Å². The first-order valence-electron chi connectivity index (χ1n) is 3.94. The van der Waals surface area contributed by atoms with Gasteiger partial charge in [-0.15, -0.1) is 0 Å². The zero-order valence-electron chi connectivity index (χ0n) is 7.27. The Morgan fingerprint density at radius 3 is 2.77 bits per heavy atom. The van der Waals surface area contributed by atoms with E-state index in [0.29, 0.717) is 5.56 Å². The Morgan fingerprint density at radius 2 is 2.23 bits per heavy atom. The van der Waals surface area contributed by atoms with Crippen molar-refractivity contribution in [3.63, 3.8) is 0 Å². The quantitative estimate of drug-likeness (QED) is 0.745. The molecule has 1 aromatic rings. The average Bonchev–Trinajstić information content (AvgIpc) is 2.13. The first-order chi connectivity index (χ1) is 6.19. The summed E-state index contributed by atoms with van der Waals surface area (Å²) in [5, 5.41) is 10.4. The molecular formula is C10H9BrClN. The van der Waals surface area contributed by atoms with Crippen LogP contribution in [0, 0.1) is 18.3 Å². The lowest BCUT2D eigenvalue weighted by atomic mass is 10.1. The van der Waals surface area contributed by atoms with E-state index in [0.717, 1.165) is 27.9 Å². The minimum Gasteiger partial charge on any atom is -0.192 e. The van der Waals surface area contributed by atoms with E-state index >= 15 is 0 Å². The molecule has 0 amide bonds. The molecule has 0 bridgehead atoms. The number of alkyl halides is 1. The molecule has 0 fully saturated rings. The second-order valence-electron chi connectivity index (χ2n) is 2.82. The van der Waals surface area contributed by atoms with Gasteiger partial charge in [-0.1, -0.05) is 27.5 Å². The molecule has 13 heavy (non-hydrogen) atoms. The Balaban J connectivity index is 3.18. The van der Waals surface area contributed by atoms with E-state index in [9.17, 15) is 0 Å². The van der Waals surface area contributed by atoms with Crippen LogP contribution in [0.25, 0.3) is 0 Å². The largest absolute Gasteiger partial charge is 0.192 e. The summed E-state index contributed by atoms with van der Waals surface area (Å²) in [4.78, 5) is 0. The molecule has 0 spiro atoms. The summed E-state index contributed by atoms with van der Waals surface area (Å²) >= 11 is 9.42. The van der Waals surface area contributed by atoms with Crippen molar-refractivity contribution in [2.24, 2.45) is 0 Å². The molecule has 1 aromatic carbocycles. The highest BCUT2D eigenvalue weighted by atomic mass is 79.9. The number of nitrogens with zero attached hydrogens (tertiary/aromatic N) is 1. The number of benzene rings is 1. The Bertz CT molecular complexity index is 355. The molecule has 0 saturated heterocycles. The molecule has 0 aliphatic heterocycles. The number of hydrogen-bond acceptors (Lipinski definition) is 1. The summed E-state index contributed by atoms with van der Waals surface area (Å²) in [6, 6.07) is 5.77. The molecule has 0 heterocycles. The number of aryl methyl sites for hydroxylation is 2. The molecule has 0 aliphatic rings. The topological polar surface area (TPSA) is 23.8 Å². The third kappa shape index (κ3) is 2.46. The summed E-state index contributed by atoms with van der Waals surface area (Å²) in [7, 11) is 0. The maximum Gasteiger partial charge on any atom is 0.0991 e. The lowest BCUT2D eigenvalue weighted by Crippen LogP contribution is -1.91. The normalized spacial score (nSPS) is 9.69. The minimum absolute atomic E-state index is 0.679. The number of hydrogen-bond donors (Lipinski definition) is 0. The van der Waals surface area contributed by atoms with Crippen LogP contribution in [0.5, 0.6) is 0 Å². The maximum atomic E-state index is 8.74. The van der Waals surface area contributed by atoms with Gasteiger partial charge in [0.05, 0.1) is 11.6 Å². The van der Waals surface area contributed by atoms with Gasteiger partial charge in [0.25, 0.3) is 0 Å². The lowest BCUT2D eigenvalue weighted by Gasteiger charge is -2.05. The van der Waals surface area contributed by atoms with Crippen LogP contribution in [0.2, 0.25) is 5.02 Å². The smallest absolute Gasteiger partial charge is 0.0991 e. The van der Waals surface area contributed by atoms with Crippen LogP contribution >= 0.6 is 27.5 Å². The molecule has 1 rings (SSSR count). The van der Waals surface area contributed by atoms with Gasteiger partial charge in [0.2, 0.25) is 0 Å². The molecule has 0 atom stereocenters. The fourth-order valence-electron chi connectivity index (χ4n) is 1.19. The van der Waals surface area contributed by atoms with Gasteiger partial charge in [0.1, 0.15) is 0 Å². The minimum atomic E-state index is 0.679. The molecule has 1 nitrogen and oxygen atoms in total. The molecule has 0 aliphatic carbocycles. The van der Waals surface area contributed by atoms with Gasteiger partial charge in [-0.05, 0) is 36.6 Å². The molecular weight excluding hydrogens is 249 g/mol. The SMILES string of the molecule is Cc1cc(C#N)cc(CCBr)c1Cl. The number of rotatable bonds is 2. The van der Waals surface area contributed by atoms with E-state index in [1.54, 1.807) is 6.07 Å². The Hall–Kier alpha value is -0.520. The van der Waals surface area contributed by atoms with Crippen molar-refractivity contribution in [2.45, 2.75) is 13.3 Å². The van der Waals surface area contributed by atoms with Crippen LogP contribution in [0.15, 0.2) is 12.1 Å². The van der Waals surface area contributed by atoms with Gasteiger partial charge in [-0.25, -0.2) is 0 Å². The van der Waals surface area contributed by atoms with Crippen molar-refractivity contribution in [1.29, 1.82) is 5.26 Å². The highest BCUT2D eigenvalue weighted by molar-refractivity contribution is 9.09. The predicted molar refractivity (Wildman–Crippen MR) is 58.4 cm³/mol. The van der Waals surface area contributed by atoms with Crippen molar-refractivity contribution >= 4 is 27.5 Å². The van der Waals surface area contributed by atoms with Gasteiger partial charge in [0.15, 0.2) is 0 Å². The van der Waals surface area contributed by atoms with Crippen LogP contribution in [0.4, 0.5) is 0 Å². The van der Waals surface area contributed by atoms with Gasteiger partial charge < -0.3 is 0 Å². The van der Waals surface area contributed by atoms with E-state index in [4.69, 9.17) is 16.9 Å². The van der Waals surface area contributed by atoms with Crippen LogP contribution in [0.3, 0.4) is 0 Å². The first kappa shape index (κ1) is 10.6. The van der Waals surface area contributed by atoms with Crippen molar-refractivity contribution < 1.29 is 0 Å². The van der Waals surface area contributed by atoms with Crippen molar-refractivity contribution in [2.75, 3.05) is 5.33 Å². The first-order valence-corrected chi connectivity index (χ1v) is 5.44. The monoisotopic (exact) mass is 257 g/mol. The Labute approximate surface area is 91.5 Å². The van der Waals surface area contributed by atoms with Crippen LogP contribution in [0.1, 0.15) is 16.7 Å². The zero-order chi connectivity index (χ0) is 9.84. The summed E-state index contributed by atoms with van der Waals surface area (Å²) in [6.45, 7) is 1.92. The fourth-order valence-corrected chi connectivity index (χ4v) is 1.82. The van der Waals surface area contributed by atoms with Crippen LogP contribution in [-0.2, 0) is 6.42 Å². The van der Waals surface area contributed by atoms with E-state index in [2.05, 4.69) is 22.0 Å². The van der Waals surface area contributed by atoms with Gasteiger partial charge in [0, 0.05) is 10.4 Å². The van der Waals surface area contributed by atoms with E-state index in [1.807, 2.05) is 13.0 Å². The van der Waals surface area contributed by atoms with Crippen molar-refractivity contribution in [3.05, 3.63) is 33.8 Å². The predicted octanol–water partition coefficient (Wildman–Crippen LogP) is 3.46. The van der Waals surface area contributed by atoms with Crippen molar-refractivity contribution in [3.8, 4) is 6.07 Å². The molecule has 0 N–H and O–H groups in total. The van der Waals surface area contributed by atoms with Gasteiger partial charge >= 0.3 is 0 Å². The second-order valence-corrected chi connectivity index (χ2v) is 3.99. The van der Waals surface area contributed by atoms with Gasteiger partial charge in [-0.2, -0.15) is 5.26 Å². The number of halogens is 2. The zero-order valence-corrected chi connectivity index (χ0v) is 9.61. The summed E-state index contributed by atoms with van der Waals surface area (Å²) in [6.07, 6.45) is 0.856. The molecule has 0 saturated carbocycles. The molecule has 0 aromatic heterocycles. The molecule has 0 radical (unpaired) electrons. The summed E-state index contributed by atoms with van der Waals surface area (Å²) < 4.78 is 0. The van der Waals surface area contributed by atoms with Gasteiger partial charge in [-0.3, -0.25) is 0 Å². The molecule has 0 unspecified atom stereocenters. The van der Waals surface area contributed by atoms with E-state index < -0.39 is 0 Å². The molecule has 68 valence electrons. The standard InChI is InChI=1S/C10H9BrClN/c1-7-4-8(6-13)5-9(2-3-11)10(7)12/h4-5H,2-3H2,1H3. The Kier molecular flexibility index (Phi) is 3.77. The van der Waals surface area contributed by atoms with E-state index in [-0.39, 0.29) is 0 Å². The summed E-state index contributed by atoms with van der Waals surface area (Å²) in [5.74, 6) is 0. The van der Waals surface area contributed by atoms with E-state index in [1.165, 1.54) is 0 Å². The number of nitriles is 1. The fraction of sp³-hybridized carbons (Fsp3) is 0.300. The van der Waals surface area contributed by atoms with Crippen LogP contribution < -0.4 is 0 Å².